The van der Waals surface area contributed by atoms with Gasteiger partial charge >= 0.3 is 11.9 Å². The molecule has 1 aliphatic carbocycles. The van der Waals surface area contributed by atoms with Crippen LogP contribution in [0.15, 0.2) is 24.3 Å². The highest BCUT2D eigenvalue weighted by molar-refractivity contribution is 5.84. The molecule has 2 rings (SSSR count). The standard InChI is InChI=1S/C13H16N2O4/c14-10(12(18)19)9(11(16)17)13(15)6-5-7-3-1-2-4-8(7)13/h1-4,9-10H,5-6,14-15H2,(H,16,17)(H,18,19)/t9?,10-,13?/m0/s1. The summed E-state index contributed by atoms with van der Waals surface area (Å²) >= 11 is 0. The molecule has 0 saturated heterocycles. The van der Waals surface area contributed by atoms with Crippen LogP contribution in [0.5, 0.6) is 0 Å². The van der Waals surface area contributed by atoms with Gasteiger partial charge in [0.15, 0.2) is 0 Å². The molecule has 0 spiro atoms. The van der Waals surface area contributed by atoms with Gasteiger partial charge in [0.2, 0.25) is 0 Å². The van der Waals surface area contributed by atoms with Gasteiger partial charge in [0, 0.05) is 0 Å². The van der Waals surface area contributed by atoms with E-state index in [0.717, 1.165) is 5.56 Å². The molecule has 0 fully saturated rings. The number of carboxylic acids is 2. The van der Waals surface area contributed by atoms with Crippen LogP contribution in [0.1, 0.15) is 17.5 Å². The van der Waals surface area contributed by atoms with E-state index >= 15 is 0 Å². The van der Waals surface area contributed by atoms with Gasteiger partial charge in [-0.3, -0.25) is 9.59 Å². The Hall–Kier alpha value is -1.92. The monoisotopic (exact) mass is 264 g/mol. The molecule has 6 heteroatoms. The van der Waals surface area contributed by atoms with Gasteiger partial charge in [-0.05, 0) is 24.0 Å². The second-order valence-electron chi connectivity index (χ2n) is 4.88. The molecule has 102 valence electrons. The Balaban J connectivity index is 2.49. The van der Waals surface area contributed by atoms with E-state index in [2.05, 4.69) is 0 Å². The summed E-state index contributed by atoms with van der Waals surface area (Å²) in [6.07, 6.45) is 1.01. The van der Waals surface area contributed by atoms with Crippen molar-refractivity contribution in [3.05, 3.63) is 35.4 Å². The quantitative estimate of drug-likeness (QED) is 0.601. The topological polar surface area (TPSA) is 127 Å². The molecule has 1 aromatic rings. The van der Waals surface area contributed by atoms with E-state index in [1.54, 1.807) is 12.1 Å². The summed E-state index contributed by atoms with van der Waals surface area (Å²) in [6, 6.07) is 5.69. The van der Waals surface area contributed by atoms with Gasteiger partial charge in [-0.1, -0.05) is 24.3 Å². The van der Waals surface area contributed by atoms with Crippen LogP contribution in [0.2, 0.25) is 0 Å². The number of rotatable bonds is 4. The molecule has 1 aromatic carbocycles. The summed E-state index contributed by atoms with van der Waals surface area (Å²) in [5.41, 5.74) is 12.2. The van der Waals surface area contributed by atoms with Crippen molar-refractivity contribution in [2.75, 3.05) is 0 Å². The summed E-state index contributed by atoms with van der Waals surface area (Å²) in [5, 5.41) is 18.3. The summed E-state index contributed by atoms with van der Waals surface area (Å²) in [7, 11) is 0. The van der Waals surface area contributed by atoms with Gasteiger partial charge in [-0.25, -0.2) is 0 Å². The number of carbonyl (C=O) groups is 2. The maximum atomic E-state index is 11.4. The second-order valence-corrected chi connectivity index (χ2v) is 4.88. The summed E-state index contributed by atoms with van der Waals surface area (Å²) in [4.78, 5) is 22.4. The maximum Gasteiger partial charge on any atom is 0.321 e. The molecule has 0 bridgehead atoms. The first kappa shape index (κ1) is 13.5. The van der Waals surface area contributed by atoms with E-state index in [9.17, 15) is 14.7 Å². The predicted molar refractivity (Wildman–Crippen MR) is 67.4 cm³/mol. The smallest absolute Gasteiger partial charge is 0.321 e. The molecule has 0 aliphatic heterocycles. The first-order valence-electron chi connectivity index (χ1n) is 5.96. The third-order valence-corrected chi connectivity index (χ3v) is 3.79. The van der Waals surface area contributed by atoms with Crippen LogP contribution >= 0.6 is 0 Å². The summed E-state index contributed by atoms with van der Waals surface area (Å²) in [5.74, 6) is -4.00. The Morgan fingerprint density at radius 2 is 1.84 bits per heavy atom. The van der Waals surface area contributed by atoms with Crippen LogP contribution in [-0.2, 0) is 21.5 Å². The zero-order chi connectivity index (χ0) is 14.2. The third-order valence-electron chi connectivity index (χ3n) is 3.79. The Labute approximate surface area is 110 Å². The minimum Gasteiger partial charge on any atom is -0.481 e. The van der Waals surface area contributed by atoms with Crippen LogP contribution in [-0.4, -0.2) is 28.2 Å². The molecule has 6 N–H and O–H groups in total. The van der Waals surface area contributed by atoms with Crippen molar-refractivity contribution < 1.29 is 19.8 Å². The van der Waals surface area contributed by atoms with Gasteiger partial charge in [0.05, 0.1) is 5.54 Å². The van der Waals surface area contributed by atoms with Gasteiger partial charge in [0.1, 0.15) is 12.0 Å². The SMILES string of the molecule is N[C@H](C(=O)O)C(C(=O)O)C1(N)CCc2ccccc21. The van der Waals surface area contributed by atoms with Crippen LogP contribution in [0.4, 0.5) is 0 Å². The number of carboxylic acid groups (broad SMARTS) is 2. The van der Waals surface area contributed by atoms with E-state index in [4.69, 9.17) is 16.6 Å². The lowest BCUT2D eigenvalue weighted by Crippen LogP contribution is -2.56. The molecule has 6 nitrogen and oxygen atoms in total. The normalized spacial score (nSPS) is 24.5. The largest absolute Gasteiger partial charge is 0.481 e. The van der Waals surface area contributed by atoms with Crippen molar-refractivity contribution in [1.29, 1.82) is 0 Å². The first-order valence-corrected chi connectivity index (χ1v) is 5.96. The van der Waals surface area contributed by atoms with Crippen LogP contribution in [0.25, 0.3) is 0 Å². The zero-order valence-corrected chi connectivity index (χ0v) is 10.2. The Morgan fingerprint density at radius 3 is 2.42 bits per heavy atom. The molecule has 2 unspecified atom stereocenters. The number of fused-ring (bicyclic) bond motifs is 1. The minimum atomic E-state index is -1.53. The van der Waals surface area contributed by atoms with E-state index < -0.39 is 29.4 Å². The van der Waals surface area contributed by atoms with E-state index in [-0.39, 0.29) is 0 Å². The average molecular weight is 264 g/mol. The molecule has 1 aliphatic rings. The zero-order valence-electron chi connectivity index (χ0n) is 10.2. The highest BCUT2D eigenvalue weighted by Crippen LogP contribution is 2.41. The van der Waals surface area contributed by atoms with Crippen molar-refractivity contribution in [2.24, 2.45) is 17.4 Å². The minimum absolute atomic E-state index is 0.379. The van der Waals surface area contributed by atoms with E-state index in [1.165, 1.54) is 0 Å². The molecule has 3 atom stereocenters. The molecule has 19 heavy (non-hydrogen) atoms. The fourth-order valence-electron chi connectivity index (χ4n) is 2.83. The lowest BCUT2D eigenvalue weighted by molar-refractivity contribution is -0.153. The lowest BCUT2D eigenvalue weighted by atomic mass is 9.76. The van der Waals surface area contributed by atoms with Gasteiger partial charge in [0.25, 0.3) is 0 Å². The van der Waals surface area contributed by atoms with Crippen LogP contribution in [0, 0.1) is 5.92 Å². The Kier molecular flexibility index (Phi) is 3.30. The Bertz CT molecular complexity index is 531. The number of hydrogen-bond donors (Lipinski definition) is 4. The van der Waals surface area contributed by atoms with Crippen LogP contribution < -0.4 is 11.5 Å². The van der Waals surface area contributed by atoms with Crippen molar-refractivity contribution in [3.63, 3.8) is 0 Å². The Morgan fingerprint density at radius 1 is 1.21 bits per heavy atom. The highest BCUT2D eigenvalue weighted by atomic mass is 16.4. The number of aliphatic carboxylic acids is 2. The molecule has 0 saturated carbocycles. The van der Waals surface area contributed by atoms with Crippen molar-refractivity contribution in [1.82, 2.24) is 0 Å². The number of nitrogens with two attached hydrogens (primary N) is 2. The fraction of sp³-hybridized carbons (Fsp3) is 0.385. The molecule has 0 heterocycles. The number of benzene rings is 1. The molecular weight excluding hydrogens is 248 g/mol. The predicted octanol–water partition coefficient (Wildman–Crippen LogP) is -0.100. The van der Waals surface area contributed by atoms with Crippen molar-refractivity contribution in [2.45, 2.75) is 24.4 Å². The van der Waals surface area contributed by atoms with Crippen molar-refractivity contribution >= 4 is 11.9 Å². The summed E-state index contributed by atoms with van der Waals surface area (Å²) < 4.78 is 0. The van der Waals surface area contributed by atoms with E-state index in [0.29, 0.717) is 18.4 Å². The average Bonchev–Trinajstić information content (AvgIpc) is 2.68. The molecule has 0 amide bonds. The molecular formula is C13H16N2O4. The highest BCUT2D eigenvalue weighted by Gasteiger charge is 2.50. The van der Waals surface area contributed by atoms with Gasteiger partial charge in [-0.2, -0.15) is 0 Å². The van der Waals surface area contributed by atoms with E-state index in [1.807, 2.05) is 12.1 Å². The van der Waals surface area contributed by atoms with Crippen molar-refractivity contribution in [3.8, 4) is 0 Å². The fourth-order valence-corrected chi connectivity index (χ4v) is 2.83. The van der Waals surface area contributed by atoms with Gasteiger partial charge in [-0.15, -0.1) is 0 Å². The first-order chi connectivity index (χ1) is 8.88. The van der Waals surface area contributed by atoms with Gasteiger partial charge < -0.3 is 21.7 Å². The molecule has 0 radical (unpaired) electrons. The third kappa shape index (κ3) is 2.09. The number of hydrogen-bond acceptors (Lipinski definition) is 4. The second kappa shape index (κ2) is 4.64. The molecule has 0 aromatic heterocycles. The lowest BCUT2D eigenvalue weighted by Gasteiger charge is -2.34. The number of aryl methyl sites for hydroxylation is 1. The van der Waals surface area contributed by atoms with Crippen LogP contribution in [0.3, 0.4) is 0 Å². The maximum absolute atomic E-state index is 11.4. The summed E-state index contributed by atoms with van der Waals surface area (Å²) in [6.45, 7) is 0.